The lowest BCUT2D eigenvalue weighted by Gasteiger charge is -2.44. The summed E-state index contributed by atoms with van der Waals surface area (Å²) in [5.74, 6) is -4.61. The van der Waals surface area contributed by atoms with Gasteiger partial charge in [0.15, 0.2) is 0 Å². The number of hydrogen-bond donors (Lipinski definition) is 2. The minimum Gasteiger partial charge on any atom is -0.492 e. The molecule has 2 aliphatic rings. The molecule has 1 atom stereocenters. The molecule has 9 heteroatoms. The highest BCUT2D eigenvalue weighted by Gasteiger charge is 2.62. The normalized spacial score (nSPS) is 23.3. The Bertz CT molecular complexity index is 819. The van der Waals surface area contributed by atoms with Crippen LogP contribution in [0.2, 0.25) is 0 Å². The van der Waals surface area contributed by atoms with Crippen LogP contribution in [0.4, 0.5) is 13.6 Å². The van der Waals surface area contributed by atoms with Gasteiger partial charge in [-0.3, -0.25) is 0 Å². The Labute approximate surface area is 160 Å². The van der Waals surface area contributed by atoms with Crippen LogP contribution in [0.15, 0.2) is 12.1 Å². The van der Waals surface area contributed by atoms with E-state index in [4.69, 9.17) is 9.47 Å². The van der Waals surface area contributed by atoms with E-state index in [0.29, 0.717) is 0 Å². The van der Waals surface area contributed by atoms with Crippen molar-refractivity contribution in [3.63, 3.8) is 0 Å². The molecule has 1 aromatic rings. The number of alkyl halides is 2. The SMILES string of the molecule is CC(C)(C)OC(=O)N1CCC2(COc3c2ccc(C(=O)O)c3CO)C(F)(F)C1. The zero-order valence-electron chi connectivity index (χ0n) is 15.9. The van der Waals surface area contributed by atoms with Gasteiger partial charge in [0, 0.05) is 17.7 Å². The maximum Gasteiger partial charge on any atom is 0.410 e. The van der Waals surface area contributed by atoms with E-state index < -0.39 is 42.2 Å². The highest BCUT2D eigenvalue weighted by Crippen LogP contribution is 2.54. The van der Waals surface area contributed by atoms with Gasteiger partial charge < -0.3 is 24.6 Å². The molecule has 3 rings (SSSR count). The maximum absolute atomic E-state index is 15.3. The van der Waals surface area contributed by atoms with Gasteiger partial charge in [-0.2, -0.15) is 0 Å². The molecule has 154 valence electrons. The van der Waals surface area contributed by atoms with Crippen LogP contribution in [0.1, 0.15) is 48.7 Å². The van der Waals surface area contributed by atoms with Crippen molar-refractivity contribution in [1.29, 1.82) is 0 Å². The second kappa shape index (κ2) is 6.58. The molecule has 2 aliphatic heterocycles. The summed E-state index contributed by atoms with van der Waals surface area (Å²) in [5.41, 5.74) is -2.54. The first-order valence-electron chi connectivity index (χ1n) is 8.91. The van der Waals surface area contributed by atoms with Crippen LogP contribution in [-0.4, -0.2) is 58.4 Å². The first kappa shape index (κ1) is 20.3. The van der Waals surface area contributed by atoms with Crippen molar-refractivity contribution >= 4 is 12.1 Å². The number of benzene rings is 1. The fourth-order valence-corrected chi connectivity index (χ4v) is 3.77. The summed E-state index contributed by atoms with van der Waals surface area (Å²) in [4.78, 5) is 24.5. The van der Waals surface area contributed by atoms with Crippen LogP contribution in [0.5, 0.6) is 5.75 Å². The molecular formula is C19H23F2NO6. The number of rotatable bonds is 2. The van der Waals surface area contributed by atoms with Crippen LogP contribution in [0.25, 0.3) is 0 Å². The summed E-state index contributed by atoms with van der Waals surface area (Å²) in [6.45, 7) is 3.19. The third-order valence-electron chi connectivity index (χ3n) is 5.18. The Kier molecular flexibility index (Phi) is 4.77. The molecule has 1 spiro atoms. The van der Waals surface area contributed by atoms with Crippen molar-refractivity contribution in [2.75, 3.05) is 19.7 Å². The van der Waals surface area contributed by atoms with E-state index in [-0.39, 0.29) is 42.0 Å². The highest BCUT2D eigenvalue weighted by molar-refractivity contribution is 5.90. The van der Waals surface area contributed by atoms with Gasteiger partial charge in [-0.05, 0) is 33.3 Å². The van der Waals surface area contributed by atoms with E-state index in [1.54, 1.807) is 20.8 Å². The number of piperidine rings is 1. The predicted octanol–water partition coefficient (Wildman–Crippen LogP) is 2.78. The number of halogens is 2. The zero-order valence-corrected chi connectivity index (χ0v) is 15.9. The monoisotopic (exact) mass is 399 g/mol. The lowest BCUT2D eigenvalue weighted by atomic mass is 9.71. The molecule has 7 nitrogen and oxygen atoms in total. The number of aliphatic hydroxyl groups excluding tert-OH is 1. The molecule has 1 unspecified atom stereocenters. The van der Waals surface area contributed by atoms with E-state index in [0.717, 1.165) is 4.90 Å². The summed E-state index contributed by atoms with van der Waals surface area (Å²) in [6, 6.07) is 2.53. The van der Waals surface area contributed by atoms with Gasteiger partial charge in [-0.1, -0.05) is 6.07 Å². The van der Waals surface area contributed by atoms with Crippen molar-refractivity contribution in [3.05, 3.63) is 28.8 Å². The number of ether oxygens (including phenoxy) is 2. The molecule has 2 N–H and O–H groups in total. The Morgan fingerprint density at radius 1 is 1.32 bits per heavy atom. The fourth-order valence-electron chi connectivity index (χ4n) is 3.77. The summed E-state index contributed by atoms with van der Waals surface area (Å²) in [5, 5.41) is 18.8. The van der Waals surface area contributed by atoms with Crippen LogP contribution < -0.4 is 4.74 Å². The van der Waals surface area contributed by atoms with Gasteiger partial charge in [0.1, 0.15) is 18.0 Å². The number of aliphatic hydroxyl groups is 1. The minimum atomic E-state index is -3.33. The predicted molar refractivity (Wildman–Crippen MR) is 93.9 cm³/mol. The van der Waals surface area contributed by atoms with Crippen molar-refractivity contribution in [1.82, 2.24) is 4.90 Å². The third-order valence-corrected chi connectivity index (χ3v) is 5.18. The van der Waals surface area contributed by atoms with Crippen LogP contribution >= 0.6 is 0 Å². The van der Waals surface area contributed by atoms with Crippen LogP contribution in [-0.2, 0) is 16.8 Å². The van der Waals surface area contributed by atoms with E-state index in [1.807, 2.05) is 0 Å². The van der Waals surface area contributed by atoms with Gasteiger partial charge in [0.2, 0.25) is 0 Å². The number of carboxylic acid groups (broad SMARTS) is 1. The van der Waals surface area contributed by atoms with Crippen LogP contribution in [0, 0.1) is 0 Å². The van der Waals surface area contributed by atoms with Crippen molar-refractivity contribution in [2.24, 2.45) is 0 Å². The number of aromatic carboxylic acids is 1. The summed E-state index contributed by atoms with van der Waals surface area (Å²) < 4.78 is 41.2. The van der Waals surface area contributed by atoms with Crippen molar-refractivity contribution < 1.29 is 38.1 Å². The van der Waals surface area contributed by atoms with Gasteiger partial charge in [-0.25, -0.2) is 18.4 Å². The molecule has 1 saturated heterocycles. The second-order valence-electron chi connectivity index (χ2n) is 8.16. The molecule has 1 amide bonds. The highest BCUT2D eigenvalue weighted by atomic mass is 19.3. The number of carbonyl (C=O) groups excluding carboxylic acids is 1. The lowest BCUT2D eigenvalue weighted by molar-refractivity contribution is -0.132. The van der Waals surface area contributed by atoms with Gasteiger partial charge in [-0.15, -0.1) is 0 Å². The number of amides is 1. The summed E-state index contributed by atoms with van der Waals surface area (Å²) in [6.07, 6.45) is -0.887. The average Bonchev–Trinajstić information content (AvgIpc) is 2.95. The van der Waals surface area contributed by atoms with Crippen LogP contribution in [0.3, 0.4) is 0 Å². The number of carboxylic acids is 1. The lowest BCUT2D eigenvalue weighted by Crippen LogP contribution is -2.60. The fraction of sp³-hybridized carbons (Fsp3) is 0.579. The van der Waals surface area contributed by atoms with E-state index in [9.17, 15) is 19.8 Å². The first-order valence-corrected chi connectivity index (χ1v) is 8.91. The Hall–Kier alpha value is -2.42. The van der Waals surface area contributed by atoms with Crippen molar-refractivity contribution in [2.45, 2.75) is 50.7 Å². The molecule has 0 aliphatic carbocycles. The molecule has 0 radical (unpaired) electrons. The smallest absolute Gasteiger partial charge is 0.410 e. The number of hydrogen-bond acceptors (Lipinski definition) is 5. The first-order chi connectivity index (χ1) is 12.9. The number of carbonyl (C=O) groups is 2. The van der Waals surface area contributed by atoms with E-state index in [2.05, 4.69) is 0 Å². The standard InChI is InChI=1S/C19H23F2NO6/c1-17(2,3)28-16(26)22-7-6-18(19(20,21)9-22)10-27-14-12(8-23)11(15(24)25)4-5-13(14)18/h4-5,23H,6-10H2,1-3H3,(H,24,25). The second-order valence-corrected chi connectivity index (χ2v) is 8.16. The largest absolute Gasteiger partial charge is 0.492 e. The molecule has 1 fully saturated rings. The maximum atomic E-state index is 15.3. The topological polar surface area (TPSA) is 96.3 Å². The molecule has 28 heavy (non-hydrogen) atoms. The molecule has 2 heterocycles. The Morgan fingerprint density at radius 3 is 2.54 bits per heavy atom. The van der Waals surface area contributed by atoms with Gasteiger partial charge >= 0.3 is 12.1 Å². The molecule has 0 aromatic heterocycles. The Balaban J connectivity index is 1.94. The number of likely N-dealkylation sites (tertiary alicyclic amines) is 1. The minimum absolute atomic E-state index is 0.00667. The van der Waals surface area contributed by atoms with Gasteiger partial charge in [0.05, 0.1) is 24.1 Å². The number of fused-ring (bicyclic) bond motifs is 2. The summed E-state index contributed by atoms with van der Waals surface area (Å²) >= 11 is 0. The average molecular weight is 399 g/mol. The summed E-state index contributed by atoms with van der Waals surface area (Å²) in [7, 11) is 0. The molecule has 0 bridgehead atoms. The third kappa shape index (κ3) is 3.17. The van der Waals surface area contributed by atoms with Gasteiger partial charge in [0.25, 0.3) is 5.92 Å². The van der Waals surface area contributed by atoms with E-state index in [1.165, 1.54) is 12.1 Å². The quantitative estimate of drug-likeness (QED) is 0.794. The molecular weight excluding hydrogens is 376 g/mol. The zero-order chi connectivity index (χ0) is 20.9. The van der Waals surface area contributed by atoms with E-state index >= 15 is 8.78 Å². The van der Waals surface area contributed by atoms with Crippen molar-refractivity contribution in [3.8, 4) is 5.75 Å². The molecule has 1 aromatic carbocycles. The number of nitrogens with zero attached hydrogens (tertiary/aromatic N) is 1. The Morgan fingerprint density at radius 2 is 2.00 bits per heavy atom. The molecule has 0 saturated carbocycles.